The van der Waals surface area contributed by atoms with Crippen LogP contribution in [0.25, 0.3) is 10.9 Å². The van der Waals surface area contributed by atoms with Crippen molar-refractivity contribution in [2.45, 2.75) is 57.7 Å². The Bertz CT molecular complexity index is 1220. The molecular weight excluding hydrogens is 424 g/mol. The van der Waals surface area contributed by atoms with E-state index >= 15 is 0 Å². The van der Waals surface area contributed by atoms with Crippen LogP contribution in [0.1, 0.15) is 49.2 Å². The highest BCUT2D eigenvalue weighted by atomic mass is 16.5. The van der Waals surface area contributed by atoms with E-state index in [1.807, 2.05) is 36.4 Å². The summed E-state index contributed by atoms with van der Waals surface area (Å²) in [5, 5.41) is 4.15. The van der Waals surface area contributed by atoms with Crippen LogP contribution in [0.5, 0.6) is 5.75 Å². The third kappa shape index (κ3) is 6.08. The van der Waals surface area contributed by atoms with E-state index in [9.17, 15) is 4.79 Å². The standard InChI is InChI=1S/C28H32N4O2/c1-3-8-20(4-2)17-21-11-13-23(14-12-21)34-19-26-31-27-24(28(33)32-26)15-16-29-25(27)18-30-22-9-6-5-7-10-22/h3-4,8,11-16,22,30H,1-2,5-7,9-10,17-19H2,(H,31,32,33)/b20-8+. The molecule has 1 aliphatic carbocycles. The maximum atomic E-state index is 12.7. The lowest BCUT2D eigenvalue weighted by molar-refractivity contribution is 0.296. The summed E-state index contributed by atoms with van der Waals surface area (Å²) in [7, 11) is 0. The maximum Gasteiger partial charge on any atom is 0.258 e. The molecule has 0 saturated heterocycles. The van der Waals surface area contributed by atoms with Crippen LogP contribution in [0.3, 0.4) is 0 Å². The topological polar surface area (TPSA) is 79.9 Å². The van der Waals surface area contributed by atoms with Gasteiger partial charge >= 0.3 is 0 Å². The van der Waals surface area contributed by atoms with E-state index in [-0.39, 0.29) is 12.2 Å². The Kier molecular flexibility index (Phi) is 8.04. The SMILES string of the molecule is C=C/C=C(\C=C)Cc1ccc(OCc2nc3c(CNC4CCCCC4)nccc3c(=O)[nH]2)cc1. The lowest BCUT2D eigenvalue weighted by atomic mass is 9.95. The summed E-state index contributed by atoms with van der Waals surface area (Å²) in [6, 6.07) is 10.1. The molecule has 4 rings (SSSR count). The molecule has 1 aromatic carbocycles. The Labute approximate surface area is 200 Å². The number of aromatic amines is 1. The van der Waals surface area contributed by atoms with E-state index in [0.29, 0.717) is 35.1 Å². The van der Waals surface area contributed by atoms with Gasteiger partial charge in [-0.05, 0) is 48.6 Å². The lowest BCUT2D eigenvalue weighted by Gasteiger charge is -2.22. The maximum absolute atomic E-state index is 12.7. The molecule has 1 saturated carbocycles. The third-order valence-corrected chi connectivity index (χ3v) is 6.21. The number of allylic oxidation sites excluding steroid dienone is 4. The highest BCUT2D eigenvalue weighted by Crippen LogP contribution is 2.19. The zero-order valence-electron chi connectivity index (χ0n) is 19.6. The van der Waals surface area contributed by atoms with Crippen LogP contribution in [-0.2, 0) is 19.6 Å². The minimum absolute atomic E-state index is 0.170. The molecule has 1 aliphatic rings. The number of nitrogens with one attached hydrogen (secondary N) is 2. The van der Waals surface area contributed by atoms with Gasteiger partial charge in [-0.1, -0.05) is 62.8 Å². The number of ether oxygens (including phenoxy) is 1. The Hall–Kier alpha value is -3.51. The first-order valence-corrected chi connectivity index (χ1v) is 11.9. The molecule has 0 unspecified atom stereocenters. The molecule has 0 atom stereocenters. The number of H-pyrrole nitrogens is 1. The van der Waals surface area contributed by atoms with Gasteiger partial charge in [-0.25, -0.2) is 4.98 Å². The van der Waals surface area contributed by atoms with Gasteiger partial charge in [-0.2, -0.15) is 0 Å². The molecule has 2 N–H and O–H groups in total. The van der Waals surface area contributed by atoms with Gasteiger partial charge in [0.05, 0.1) is 11.1 Å². The quantitative estimate of drug-likeness (QED) is 0.412. The summed E-state index contributed by atoms with van der Waals surface area (Å²) < 4.78 is 5.91. The molecule has 0 aliphatic heterocycles. The predicted octanol–water partition coefficient (Wildman–Crippen LogP) is 5.16. The number of pyridine rings is 1. The second-order valence-corrected chi connectivity index (χ2v) is 8.67. The first-order chi connectivity index (χ1) is 16.7. The summed E-state index contributed by atoms with van der Waals surface area (Å²) in [6.45, 7) is 8.35. The van der Waals surface area contributed by atoms with Gasteiger partial charge in [0.2, 0.25) is 0 Å². The minimum Gasteiger partial charge on any atom is -0.486 e. The van der Waals surface area contributed by atoms with Gasteiger partial charge in [-0.15, -0.1) is 0 Å². The van der Waals surface area contributed by atoms with Gasteiger partial charge in [0, 0.05) is 18.8 Å². The zero-order valence-corrected chi connectivity index (χ0v) is 19.6. The van der Waals surface area contributed by atoms with Crippen molar-refractivity contribution < 1.29 is 4.74 Å². The fourth-order valence-corrected chi connectivity index (χ4v) is 4.35. The van der Waals surface area contributed by atoms with Gasteiger partial charge in [0.15, 0.2) is 0 Å². The van der Waals surface area contributed by atoms with Crippen LogP contribution in [-0.4, -0.2) is 21.0 Å². The minimum atomic E-state index is -0.175. The van der Waals surface area contributed by atoms with Crippen LogP contribution in [0.4, 0.5) is 0 Å². The van der Waals surface area contributed by atoms with Crippen molar-refractivity contribution in [3.8, 4) is 5.75 Å². The molecular formula is C28H32N4O2. The highest BCUT2D eigenvalue weighted by Gasteiger charge is 2.15. The molecule has 2 aromatic heterocycles. The average molecular weight is 457 g/mol. The van der Waals surface area contributed by atoms with Crippen LogP contribution >= 0.6 is 0 Å². The monoisotopic (exact) mass is 456 g/mol. The van der Waals surface area contributed by atoms with Crippen molar-refractivity contribution in [3.05, 3.63) is 101 Å². The summed E-state index contributed by atoms with van der Waals surface area (Å²) in [5.74, 6) is 1.20. The van der Waals surface area contributed by atoms with Crippen molar-refractivity contribution in [1.29, 1.82) is 0 Å². The number of hydrogen-bond acceptors (Lipinski definition) is 5. The smallest absolute Gasteiger partial charge is 0.258 e. The Morgan fingerprint density at radius 1 is 1.15 bits per heavy atom. The number of aromatic nitrogens is 3. The van der Waals surface area contributed by atoms with Gasteiger partial charge in [0.25, 0.3) is 5.56 Å². The molecule has 0 bridgehead atoms. The van der Waals surface area contributed by atoms with Crippen LogP contribution in [0, 0.1) is 0 Å². The molecule has 34 heavy (non-hydrogen) atoms. The Balaban J connectivity index is 1.44. The largest absolute Gasteiger partial charge is 0.486 e. The normalized spacial score (nSPS) is 14.8. The second-order valence-electron chi connectivity index (χ2n) is 8.67. The zero-order chi connectivity index (χ0) is 23.8. The van der Waals surface area contributed by atoms with Gasteiger partial charge in [0.1, 0.15) is 23.7 Å². The van der Waals surface area contributed by atoms with Crippen molar-refractivity contribution in [3.63, 3.8) is 0 Å². The lowest BCUT2D eigenvalue weighted by Crippen LogP contribution is -2.31. The molecule has 6 nitrogen and oxygen atoms in total. The van der Waals surface area contributed by atoms with Crippen molar-refractivity contribution >= 4 is 10.9 Å². The number of fused-ring (bicyclic) bond motifs is 1. The summed E-state index contributed by atoms with van der Waals surface area (Å²) in [6.07, 6.45) is 14.2. The fraction of sp³-hybridized carbons (Fsp3) is 0.321. The van der Waals surface area contributed by atoms with Crippen molar-refractivity contribution in [2.24, 2.45) is 0 Å². The predicted molar refractivity (Wildman–Crippen MR) is 137 cm³/mol. The highest BCUT2D eigenvalue weighted by molar-refractivity contribution is 5.79. The van der Waals surface area contributed by atoms with E-state index in [1.54, 1.807) is 18.3 Å². The summed E-state index contributed by atoms with van der Waals surface area (Å²) >= 11 is 0. The van der Waals surface area contributed by atoms with E-state index in [2.05, 4.69) is 28.4 Å². The van der Waals surface area contributed by atoms with E-state index < -0.39 is 0 Å². The molecule has 3 aromatic rings. The third-order valence-electron chi connectivity index (χ3n) is 6.21. The van der Waals surface area contributed by atoms with Gasteiger partial charge < -0.3 is 15.0 Å². The van der Waals surface area contributed by atoms with E-state index in [0.717, 1.165) is 23.3 Å². The van der Waals surface area contributed by atoms with Crippen LogP contribution in [0.15, 0.2) is 78.3 Å². The second kappa shape index (κ2) is 11.6. The molecule has 2 heterocycles. The number of hydrogen-bond donors (Lipinski definition) is 2. The fourth-order valence-electron chi connectivity index (χ4n) is 4.35. The Morgan fingerprint density at radius 3 is 2.68 bits per heavy atom. The van der Waals surface area contributed by atoms with E-state index in [1.165, 1.54) is 32.1 Å². The molecule has 1 fully saturated rings. The summed E-state index contributed by atoms with van der Waals surface area (Å²) in [5.41, 5.74) is 3.51. The summed E-state index contributed by atoms with van der Waals surface area (Å²) in [4.78, 5) is 24.7. The van der Waals surface area contributed by atoms with Crippen LogP contribution in [0.2, 0.25) is 0 Å². The number of benzene rings is 1. The van der Waals surface area contributed by atoms with E-state index in [4.69, 9.17) is 9.72 Å². The average Bonchev–Trinajstić information content (AvgIpc) is 2.87. The molecule has 0 radical (unpaired) electrons. The number of rotatable bonds is 10. The van der Waals surface area contributed by atoms with Crippen molar-refractivity contribution in [2.75, 3.05) is 0 Å². The molecule has 0 spiro atoms. The first-order valence-electron chi connectivity index (χ1n) is 11.9. The number of nitrogens with zero attached hydrogens (tertiary/aromatic N) is 2. The van der Waals surface area contributed by atoms with Crippen molar-refractivity contribution in [1.82, 2.24) is 20.3 Å². The first kappa shape index (κ1) is 23.6. The molecule has 6 heteroatoms. The van der Waals surface area contributed by atoms with Crippen LogP contribution < -0.4 is 15.6 Å². The molecule has 0 amide bonds. The molecule has 176 valence electrons. The Morgan fingerprint density at radius 2 is 1.94 bits per heavy atom. The van der Waals surface area contributed by atoms with Gasteiger partial charge in [-0.3, -0.25) is 9.78 Å².